The third-order valence-electron chi connectivity index (χ3n) is 3.87. The molecule has 8 heteroatoms. The van der Waals surface area contributed by atoms with Crippen LogP contribution in [0.25, 0.3) is 0 Å². The van der Waals surface area contributed by atoms with Crippen molar-refractivity contribution in [2.75, 3.05) is 19.6 Å². The molecule has 0 unspecified atom stereocenters. The first-order chi connectivity index (χ1) is 11.0. The van der Waals surface area contributed by atoms with E-state index in [1.54, 1.807) is 40.3 Å². The number of hydrogen-bond acceptors (Lipinski definition) is 2. The molecule has 2 amide bonds. The van der Waals surface area contributed by atoms with Crippen LogP contribution in [0.1, 0.15) is 5.56 Å². The number of imidazole rings is 1. The second-order valence-electron chi connectivity index (χ2n) is 5.63. The van der Waals surface area contributed by atoms with Crippen LogP contribution in [-0.4, -0.2) is 45.9 Å². The molecule has 2 heterocycles. The summed E-state index contributed by atoms with van der Waals surface area (Å²) < 4.78 is 16.1. The van der Waals surface area contributed by atoms with Crippen LogP contribution in [0.5, 0.6) is 0 Å². The molecule has 6 nitrogen and oxygen atoms in total. The van der Waals surface area contributed by atoms with Crippen molar-refractivity contribution >= 4 is 11.9 Å². The summed E-state index contributed by atoms with van der Waals surface area (Å²) in [6.07, 6.45) is 5.10. The lowest BCUT2D eigenvalue weighted by atomic mass is 10.2. The fourth-order valence-electron chi connectivity index (χ4n) is 2.58. The summed E-state index contributed by atoms with van der Waals surface area (Å²) in [6, 6.07) is 5.89. The van der Waals surface area contributed by atoms with Gasteiger partial charge in [0, 0.05) is 19.6 Å². The van der Waals surface area contributed by atoms with Gasteiger partial charge in [0.25, 0.3) is 6.33 Å². The molecule has 1 aliphatic rings. The van der Waals surface area contributed by atoms with E-state index in [0.29, 0.717) is 19.6 Å². The number of aromatic nitrogens is 2. The van der Waals surface area contributed by atoms with Crippen LogP contribution >= 0.6 is 0 Å². The zero-order valence-electron chi connectivity index (χ0n) is 13.2. The van der Waals surface area contributed by atoms with Crippen LogP contribution in [0.4, 0.5) is 9.18 Å². The Hall–Kier alpha value is -1.97. The van der Waals surface area contributed by atoms with Gasteiger partial charge in [0.05, 0.1) is 7.05 Å². The maximum atomic E-state index is 12.9. The lowest BCUT2D eigenvalue weighted by Crippen LogP contribution is -3.00. The van der Waals surface area contributed by atoms with Gasteiger partial charge in [-0.2, -0.15) is 4.57 Å². The summed E-state index contributed by atoms with van der Waals surface area (Å²) in [6.45, 7) is 1.44. The first-order valence-electron chi connectivity index (χ1n) is 7.37. The zero-order chi connectivity index (χ0) is 16.4. The normalized spacial score (nSPS) is 14.5. The van der Waals surface area contributed by atoms with Crippen LogP contribution in [0.3, 0.4) is 0 Å². The number of carbonyl (C=O) groups is 2. The summed E-state index contributed by atoms with van der Waals surface area (Å²) in [4.78, 5) is 27.8. The summed E-state index contributed by atoms with van der Waals surface area (Å²) in [5.41, 5.74) is 0.872. The average Bonchev–Trinajstić information content (AvgIpc) is 2.97. The van der Waals surface area contributed by atoms with E-state index in [4.69, 9.17) is 0 Å². The van der Waals surface area contributed by atoms with E-state index in [2.05, 4.69) is 0 Å². The van der Waals surface area contributed by atoms with Gasteiger partial charge in [-0.15, -0.1) is 0 Å². The predicted molar refractivity (Wildman–Crippen MR) is 79.8 cm³/mol. The van der Waals surface area contributed by atoms with Gasteiger partial charge < -0.3 is 28.9 Å². The van der Waals surface area contributed by atoms with Gasteiger partial charge in [-0.1, -0.05) is 12.1 Å². The van der Waals surface area contributed by atoms with Crippen LogP contribution in [0.2, 0.25) is 0 Å². The lowest BCUT2D eigenvalue weighted by molar-refractivity contribution is -0.670. The minimum atomic E-state index is -0.296. The molecule has 1 fully saturated rings. The van der Waals surface area contributed by atoms with Crippen molar-refractivity contribution in [1.29, 1.82) is 0 Å². The van der Waals surface area contributed by atoms with E-state index in [1.165, 1.54) is 21.6 Å². The number of hydrogen-bond donors (Lipinski definition) is 0. The minimum Gasteiger partial charge on any atom is -1.00 e. The number of aryl methyl sites for hydroxylation is 1. The highest BCUT2D eigenvalue weighted by molar-refractivity contribution is 5.86. The van der Waals surface area contributed by atoms with Crippen molar-refractivity contribution in [2.45, 2.75) is 6.54 Å². The van der Waals surface area contributed by atoms with Gasteiger partial charge in [-0.05, 0) is 17.7 Å². The van der Waals surface area contributed by atoms with Crippen LogP contribution in [0, 0.1) is 5.82 Å². The fraction of sp³-hybridized carbons (Fsp3) is 0.312. The Labute approximate surface area is 156 Å². The number of piperazine rings is 1. The zero-order valence-corrected chi connectivity index (χ0v) is 15.4. The molecule has 1 aromatic heterocycles. The van der Waals surface area contributed by atoms with Gasteiger partial charge >= 0.3 is 6.03 Å². The molecule has 1 aromatic carbocycles. The maximum absolute atomic E-state index is 12.9. The second-order valence-corrected chi connectivity index (χ2v) is 5.63. The Kier molecular flexibility index (Phi) is 5.92. The fourth-order valence-corrected chi connectivity index (χ4v) is 2.58. The number of amides is 2. The topological polar surface area (TPSA) is 49.4 Å². The van der Waals surface area contributed by atoms with Crippen molar-refractivity contribution in [3.8, 4) is 0 Å². The summed E-state index contributed by atoms with van der Waals surface area (Å²) in [7, 11) is 1.83. The molecule has 1 saturated heterocycles. The molecule has 128 valence electrons. The Morgan fingerprint density at radius 3 is 2.54 bits per heavy atom. The molecule has 1 aliphatic heterocycles. The Morgan fingerprint density at radius 2 is 1.96 bits per heavy atom. The van der Waals surface area contributed by atoms with Gasteiger partial charge in [-0.25, -0.2) is 13.8 Å². The van der Waals surface area contributed by atoms with E-state index in [0.717, 1.165) is 5.56 Å². The molecule has 0 radical (unpaired) electrons. The number of rotatable bonds is 2. The third-order valence-corrected chi connectivity index (χ3v) is 3.87. The molecule has 0 aliphatic carbocycles. The van der Waals surface area contributed by atoms with Crippen molar-refractivity contribution in [3.63, 3.8) is 0 Å². The van der Waals surface area contributed by atoms with E-state index in [9.17, 15) is 14.0 Å². The molecule has 0 N–H and O–H groups in total. The van der Waals surface area contributed by atoms with Gasteiger partial charge in [0.2, 0.25) is 5.91 Å². The Bertz CT molecular complexity index is 732. The standard InChI is InChI=1S/C16H18FN4O2.HI/c1-18-6-7-21(12-18)16(23)20-9-8-19(15(22)11-20)10-13-2-4-14(17)5-3-13;/h2-7,12H,8-11H2,1H3;1H/q+1;/p-1. The molecular formula is C16H18FIN4O2. The van der Waals surface area contributed by atoms with Crippen LogP contribution < -0.4 is 28.5 Å². The van der Waals surface area contributed by atoms with Gasteiger partial charge in [0.1, 0.15) is 24.8 Å². The molecule has 0 bridgehead atoms. The minimum absolute atomic E-state index is 0. The summed E-state index contributed by atoms with van der Waals surface area (Å²) in [5.74, 6) is -0.402. The largest absolute Gasteiger partial charge is 1.00 e. The van der Waals surface area contributed by atoms with E-state index in [-0.39, 0.29) is 48.3 Å². The first-order valence-corrected chi connectivity index (χ1v) is 7.37. The van der Waals surface area contributed by atoms with Crippen LogP contribution in [-0.2, 0) is 18.4 Å². The van der Waals surface area contributed by atoms with Gasteiger partial charge in [0.15, 0.2) is 0 Å². The van der Waals surface area contributed by atoms with E-state index < -0.39 is 0 Å². The maximum Gasteiger partial charge on any atom is 0.416 e. The molecule has 0 atom stereocenters. The Morgan fingerprint density at radius 1 is 1.25 bits per heavy atom. The Balaban J connectivity index is 0.00000208. The SMILES string of the molecule is C[n+]1ccn(C(=O)N2CCN(Cc3ccc(F)cc3)C(=O)C2)c1.[I-]. The highest BCUT2D eigenvalue weighted by Crippen LogP contribution is 2.11. The summed E-state index contributed by atoms with van der Waals surface area (Å²) in [5, 5.41) is 0. The van der Waals surface area contributed by atoms with E-state index >= 15 is 0 Å². The number of benzene rings is 1. The monoisotopic (exact) mass is 444 g/mol. The van der Waals surface area contributed by atoms with Crippen LogP contribution in [0.15, 0.2) is 43.0 Å². The molecule has 0 saturated carbocycles. The number of halogens is 2. The highest BCUT2D eigenvalue weighted by atomic mass is 127. The predicted octanol–water partition coefficient (Wildman–Crippen LogP) is -2.23. The molecule has 24 heavy (non-hydrogen) atoms. The van der Waals surface area contributed by atoms with Crippen molar-refractivity contribution in [1.82, 2.24) is 14.4 Å². The van der Waals surface area contributed by atoms with Crippen molar-refractivity contribution < 1.29 is 42.5 Å². The molecule has 3 rings (SSSR count). The average molecular weight is 444 g/mol. The second kappa shape index (κ2) is 7.73. The first kappa shape index (κ1) is 18.4. The quantitative estimate of drug-likeness (QED) is 0.389. The lowest BCUT2D eigenvalue weighted by Gasteiger charge is -2.33. The number of carbonyl (C=O) groups excluding carboxylic acids is 2. The highest BCUT2D eigenvalue weighted by Gasteiger charge is 2.30. The third kappa shape index (κ3) is 4.11. The molecular weight excluding hydrogens is 426 g/mol. The smallest absolute Gasteiger partial charge is 0.416 e. The van der Waals surface area contributed by atoms with Crippen molar-refractivity contribution in [3.05, 3.63) is 54.4 Å². The van der Waals surface area contributed by atoms with Crippen molar-refractivity contribution in [2.24, 2.45) is 7.05 Å². The van der Waals surface area contributed by atoms with E-state index in [1.807, 2.05) is 7.05 Å². The molecule has 2 aromatic rings. The number of nitrogens with zero attached hydrogens (tertiary/aromatic N) is 4. The summed E-state index contributed by atoms with van der Waals surface area (Å²) >= 11 is 0. The van der Waals surface area contributed by atoms with Gasteiger partial charge in [-0.3, -0.25) is 9.69 Å². The molecule has 0 spiro atoms.